The molecule has 13 heteroatoms. The van der Waals surface area contributed by atoms with Gasteiger partial charge in [0.05, 0.1) is 17.3 Å². The Morgan fingerprint density at radius 1 is 1.09 bits per heavy atom. The number of ketones is 1. The third kappa shape index (κ3) is 7.16. The van der Waals surface area contributed by atoms with Crippen molar-refractivity contribution in [3.63, 3.8) is 0 Å². The number of fused-ring (bicyclic) bond motifs is 2. The Bertz CT molecular complexity index is 1660. The highest BCUT2D eigenvalue weighted by atomic mass is 32.2. The van der Waals surface area contributed by atoms with Crippen molar-refractivity contribution in [3.05, 3.63) is 65.9 Å². The average molecular weight is 640 g/mol. The van der Waals surface area contributed by atoms with Crippen LogP contribution in [0.25, 0.3) is 10.9 Å². The first-order valence-corrected chi connectivity index (χ1v) is 20.3. The lowest BCUT2D eigenvalue weighted by Gasteiger charge is -2.40. The minimum absolute atomic E-state index is 0.0133. The molecule has 1 aromatic heterocycles. The van der Waals surface area contributed by atoms with Crippen molar-refractivity contribution in [2.45, 2.75) is 63.6 Å². The molecule has 1 unspecified atom stereocenters. The van der Waals surface area contributed by atoms with Crippen molar-refractivity contribution < 1.29 is 27.9 Å². The van der Waals surface area contributed by atoms with Gasteiger partial charge in [-0.15, -0.1) is 0 Å². The molecule has 2 aromatic carbocycles. The Morgan fingerprint density at radius 2 is 1.82 bits per heavy atom. The van der Waals surface area contributed by atoms with Gasteiger partial charge < -0.3 is 25.5 Å². The molecule has 11 nitrogen and oxygen atoms in total. The van der Waals surface area contributed by atoms with E-state index in [9.17, 15) is 27.9 Å². The summed E-state index contributed by atoms with van der Waals surface area (Å²) in [5.74, 6) is -0.424. The van der Waals surface area contributed by atoms with Crippen LogP contribution in [0.3, 0.4) is 0 Å². The number of urea groups is 2. The number of aliphatic hydroxyl groups is 1. The highest BCUT2D eigenvalue weighted by molar-refractivity contribution is 7.90. The number of carbonyl (C=O) groups is 3. The maximum atomic E-state index is 13.2. The number of rotatable bonds is 10. The minimum atomic E-state index is -3.51. The Hall–Kier alpha value is -3.68. The largest absolute Gasteiger partial charge is 0.389 e. The van der Waals surface area contributed by atoms with Crippen molar-refractivity contribution >= 4 is 52.5 Å². The zero-order valence-electron chi connectivity index (χ0n) is 25.5. The SMILES string of the molecule is C[Si](C)(C)CCS(=O)(=O)n1ccc2cc(CC(NC(=O)N3CCC(N4Cc5ccccc5NC4=O)CC3)C(=O)CO)ccc21. The number of nitrogens with zero attached hydrogens (tertiary/aromatic N) is 3. The first-order chi connectivity index (χ1) is 20.8. The smallest absolute Gasteiger partial charge is 0.322 e. The Morgan fingerprint density at radius 3 is 2.52 bits per heavy atom. The number of Topliss-reactive ketones (excluding diaryl/α,β-unsaturated/α-hetero) is 1. The topological polar surface area (TPSA) is 141 Å². The number of hydrogen-bond acceptors (Lipinski definition) is 6. The number of anilines is 1. The minimum Gasteiger partial charge on any atom is -0.389 e. The molecule has 0 spiro atoms. The predicted molar refractivity (Wildman–Crippen MR) is 173 cm³/mol. The van der Waals surface area contributed by atoms with Gasteiger partial charge in [-0.05, 0) is 60.7 Å². The number of nitrogens with one attached hydrogen (secondary N) is 2. The molecule has 3 aromatic rings. The fourth-order valence-corrected chi connectivity index (χ4v) is 10.2. The summed E-state index contributed by atoms with van der Waals surface area (Å²) in [6.07, 6.45) is 2.92. The number of piperidine rings is 1. The molecule has 4 amide bonds. The lowest BCUT2D eigenvalue weighted by molar-refractivity contribution is -0.123. The first-order valence-electron chi connectivity index (χ1n) is 15.0. The van der Waals surface area contributed by atoms with Gasteiger partial charge in [-0.25, -0.2) is 22.0 Å². The van der Waals surface area contributed by atoms with Gasteiger partial charge in [-0.2, -0.15) is 0 Å². The third-order valence-corrected chi connectivity index (χ3v) is 12.2. The number of amides is 4. The van der Waals surface area contributed by atoms with Crippen molar-refractivity contribution in [1.29, 1.82) is 0 Å². The van der Waals surface area contributed by atoms with Crippen LogP contribution in [-0.4, -0.2) is 90.7 Å². The van der Waals surface area contributed by atoms with E-state index < -0.39 is 42.6 Å². The molecule has 0 radical (unpaired) electrons. The highest BCUT2D eigenvalue weighted by Gasteiger charge is 2.33. The fraction of sp³-hybridized carbons (Fsp3) is 0.452. The Balaban J connectivity index is 1.21. The number of aromatic nitrogens is 1. The summed E-state index contributed by atoms with van der Waals surface area (Å²) in [5, 5.41) is 16.1. The van der Waals surface area contributed by atoms with E-state index in [1.807, 2.05) is 35.2 Å². The van der Waals surface area contributed by atoms with Gasteiger partial charge in [0.1, 0.15) is 6.61 Å². The second kappa shape index (κ2) is 12.7. The number of para-hydroxylation sites is 1. The average Bonchev–Trinajstić information content (AvgIpc) is 3.43. The van der Waals surface area contributed by atoms with E-state index in [0.717, 1.165) is 16.8 Å². The lowest BCUT2D eigenvalue weighted by Crippen LogP contribution is -2.55. The van der Waals surface area contributed by atoms with Crippen LogP contribution in [0.15, 0.2) is 54.7 Å². The summed E-state index contributed by atoms with van der Waals surface area (Å²) in [4.78, 5) is 42.1. The van der Waals surface area contributed by atoms with Gasteiger partial charge >= 0.3 is 12.1 Å². The van der Waals surface area contributed by atoms with Gasteiger partial charge in [-0.3, -0.25) is 4.79 Å². The van der Waals surface area contributed by atoms with Crippen molar-refractivity contribution in [3.8, 4) is 0 Å². The summed E-state index contributed by atoms with van der Waals surface area (Å²) in [7, 11) is -5.05. The monoisotopic (exact) mass is 639 g/mol. The second-order valence-corrected chi connectivity index (χ2v) is 20.5. The van der Waals surface area contributed by atoms with E-state index in [0.29, 0.717) is 49.4 Å². The van der Waals surface area contributed by atoms with Crippen molar-refractivity contribution in [2.75, 3.05) is 30.8 Å². The summed E-state index contributed by atoms with van der Waals surface area (Å²) >= 11 is 0. The van der Waals surface area contributed by atoms with Crippen LogP contribution in [0.5, 0.6) is 0 Å². The van der Waals surface area contributed by atoms with Crippen LogP contribution >= 0.6 is 0 Å². The summed E-state index contributed by atoms with van der Waals surface area (Å²) in [6, 6.07) is 13.9. The Labute approximate surface area is 259 Å². The van der Waals surface area contributed by atoms with Crippen LogP contribution in [0.2, 0.25) is 25.7 Å². The van der Waals surface area contributed by atoms with Crippen molar-refractivity contribution in [2.24, 2.45) is 0 Å². The van der Waals surface area contributed by atoms with Gasteiger partial charge in [-0.1, -0.05) is 43.9 Å². The molecule has 0 aliphatic carbocycles. The lowest BCUT2D eigenvalue weighted by atomic mass is 10.0. The van der Waals surface area contributed by atoms with Crippen LogP contribution < -0.4 is 10.6 Å². The molecule has 3 N–H and O–H groups in total. The second-order valence-electron chi connectivity index (χ2n) is 12.9. The van der Waals surface area contributed by atoms with E-state index in [-0.39, 0.29) is 24.2 Å². The number of hydrogen-bond donors (Lipinski definition) is 3. The van der Waals surface area contributed by atoms with E-state index in [2.05, 4.69) is 30.3 Å². The number of likely N-dealkylation sites (tertiary alicyclic amines) is 1. The molecular weight excluding hydrogens is 599 g/mol. The number of carbonyl (C=O) groups excluding carboxylic acids is 3. The van der Waals surface area contributed by atoms with E-state index in [4.69, 9.17) is 0 Å². The molecular formula is C31H41N5O6SSi. The zero-order valence-corrected chi connectivity index (χ0v) is 27.3. The van der Waals surface area contributed by atoms with Crippen molar-refractivity contribution in [1.82, 2.24) is 19.1 Å². The van der Waals surface area contributed by atoms with Gasteiger partial charge in [0.2, 0.25) is 10.0 Å². The fourth-order valence-electron chi connectivity index (χ4n) is 5.80. The molecule has 1 saturated heterocycles. The maximum absolute atomic E-state index is 13.2. The van der Waals surface area contributed by atoms with E-state index in [1.54, 1.807) is 29.3 Å². The predicted octanol–water partition coefficient (Wildman–Crippen LogP) is 3.85. The highest BCUT2D eigenvalue weighted by Crippen LogP contribution is 2.28. The van der Waals surface area contributed by atoms with Crippen LogP contribution in [0, 0.1) is 0 Å². The zero-order chi connectivity index (χ0) is 31.6. The van der Waals surface area contributed by atoms with Gasteiger partial charge in [0.25, 0.3) is 0 Å². The molecule has 2 aliphatic rings. The van der Waals surface area contributed by atoms with Crippen LogP contribution in [0.1, 0.15) is 24.0 Å². The normalized spacial score (nSPS) is 16.9. The summed E-state index contributed by atoms with van der Waals surface area (Å²) in [6.45, 7) is 7.07. The molecule has 3 heterocycles. The number of benzene rings is 2. The maximum Gasteiger partial charge on any atom is 0.322 e. The van der Waals surface area contributed by atoms with E-state index >= 15 is 0 Å². The van der Waals surface area contributed by atoms with Gasteiger partial charge in [0.15, 0.2) is 5.78 Å². The van der Waals surface area contributed by atoms with Gasteiger partial charge in [0, 0.05) is 51.0 Å². The molecule has 0 bridgehead atoms. The standard InChI is InChI=1S/C31H41N5O6SSi/c1-44(2,3)17-16-43(41,42)36-15-10-23-18-22(8-9-28(23)36)19-27(29(38)21-37)33-30(39)34-13-11-25(12-14-34)35-20-24-6-4-5-7-26(24)32-31(35)40/h4-10,15,18,25,27,37H,11-14,16-17,19-21H2,1-3H3,(H,32,40)(H,33,39). The third-order valence-electron chi connectivity index (χ3n) is 8.46. The Kier molecular flexibility index (Phi) is 9.19. The molecule has 5 rings (SSSR count). The summed E-state index contributed by atoms with van der Waals surface area (Å²) < 4.78 is 27.4. The molecule has 1 fully saturated rings. The van der Waals surface area contributed by atoms with Crippen LogP contribution in [0.4, 0.5) is 15.3 Å². The molecule has 44 heavy (non-hydrogen) atoms. The molecule has 1 atom stereocenters. The number of aliphatic hydroxyl groups excluding tert-OH is 1. The molecule has 0 saturated carbocycles. The van der Waals surface area contributed by atoms with Crippen LogP contribution in [-0.2, 0) is 27.8 Å². The molecule has 236 valence electrons. The quantitative estimate of drug-likeness (QED) is 0.288. The van der Waals surface area contributed by atoms with E-state index in [1.165, 1.54) is 3.97 Å². The summed E-state index contributed by atoms with van der Waals surface area (Å²) in [5.41, 5.74) is 3.17. The molecule has 2 aliphatic heterocycles. The first kappa shape index (κ1) is 31.7.